The second-order valence-electron chi connectivity index (χ2n) is 8.58. The number of rotatable bonds is 6. The van der Waals surface area contributed by atoms with Gasteiger partial charge in [0, 0.05) is 32.2 Å². The molecule has 3 heterocycles. The Morgan fingerprint density at radius 1 is 0.828 bits per heavy atom. The molecular weight excluding hydrogens is 360 g/mol. The Hall–Kier alpha value is -2.37. The summed E-state index contributed by atoms with van der Waals surface area (Å²) < 4.78 is 1.98. The molecular formula is C24H30N4O. The minimum atomic E-state index is 0.0382. The molecule has 1 aromatic heterocycles. The fourth-order valence-electron chi connectivity index (χ4n) is 5.07. The van der Waals surface area contributed by atoms with E-state index in [1.165, 1.54) is 37.1 Å². The number of unbranched alkanes of at least 4 members (excludes halogenated alkanes) is 1. The van der Waals surface area contributed by atoms with Crippen molar-refractivity contribution in [1.82, 2.24) is 19.4 Å². The molecule has 0 unspecified atom stereocenters. The fraction of sp³-hybridized carbons (Fsp3) is 0.458. The number of para-hydroxylation sites is 2. The number of piperidine rings is 1. The lowest BCUT2D eigenvalue weighted by Crippen LogP contribution is -2.37. The number of benzene rings is 2. The maximum atomic E-state index is 12.4. The first-order valence-corrected chi connectivity index (χ1v) is 11.0. The zero-order chi connectivity index (χ0) is 19.6. The quantitative estimate of drug-likeness (QED) is 0.652. The largest absolute Gasteiger partial charge is 0.326 e. The predicted molar refractivity (Wildman–Crippen MR) is 117 cm³/mol. The SMILES string of the molecule is O=c1[nH]c2ccccc2n1C1CCN(CCCCN2Cc3ccccc3C2)CC1. The molecule has 152 valence electrons. The third kappa shape index (κ3) is 3.89. The number of likely N-dealkylation sites (tertiary alicyclic amines) is 1. The minimum Gasteiger partial charge on any atom is -0.306 e. The van der Waals surface area contributed by atoms with E-state index in [0.29, 0.717) is 6.04 Å². The second-order valence-corrected chi connectivity index (χ2v) is 8.58. The lowest BCUT2D eigenvalue weighted by atomic mass is 10.0. The van der Waals surface area contributed by atoms with Gasteiger partial charge in [0.2, 0.25) is 0 Å². The Kier molecular flexibility index (Phi) is 5.25. The fourth-order valence-corrected chi connectivity index (χ4v) is 5.07. The van der Waals surface area contributed by atoms with Crippen molar-refractivity contribution >= 4 is 11.0 Å². The van der Waals surface area contributed by atoms with E-state index in [1.807, 2.05) is 22.8 Å². The third-order valence-corrected chi connectivity index (χ3v) is 6.65. The maximum Gasteiger partial charge on any atom is 0.326 e. The van der Waals surface area contributed by atoms with Gasteiger partial charge >= 0.3 is 5.69 Å². The molecule has 2 aromatic carbocycles. The zero-order valence-electron chi connectivity index (χ0n) is 17.0. The van der Waals surface area contributed by atoms with Crippen molar-refractivity contribution in [2.24, 2.45) is 0 Å². The Morgan fingerprint density at radius 2 is 1.45 bits per heavy atom. The summed E-state index contributed by atoms with van der Waals surface area (Å²) in [5.41, 5.74) is 5.03. The molecule has 0 bridgehead atoms. The van der Waals surface area contributed by atoms with Crippen molar-refractivity contribution in [3.8, 4) is 0 Å². The third-order valence-electron chi connectivity index (χ3n) is 6.65. The van der Waals surface area contributed by atoms with Gasteiger partial charge in [0.15, 0.2) is 0 Å². The molecule has 2 aliphatic heterocycles. The van der Waals surface area contributed by atoms with Crippen LogP contribution in [0.25, 0.3) is 11.0 Å². The second kappa shape index (κ2) is 8.17. The van der Waals surface area contributed by atoms with E-state index in [0.717, 1.165) is 50.1 Å². The number of fused-ring (bicyclic) bond motifs is 2. The summed E-state index contributed by atoms with van der Waals surface area (Å²) in [6.45, 7) is 6.77. The van der Waals surface area contributed by atoms with Crippen molar-refractivity contribution in [3.05, 3.63) is 70.1 Å². The van der Waals surface area contributed by atoms with Crippen LogP contribution in [0.3, 0.4) is 0 Å². The summed E-state index contributed by atoms with van der Waals surface area (Å²) in [7, 11) is 0. The number of nitrogens with zero attached hydrogens (tertiary/aromatic N) is 3. The van der Waals surface area contributed by atoms with E-state index in [1.54, 1.807) is 0 Å². The number of hydrogen-bond donors (Lipinski definition) is 1. The summed E-state index contributed by atoms with van der Waals surface area (Å²) >= 11 is 0. The van der Waals surface area contributed by atoms with Gasteiger partial charge in [0.1, 0.15) is 0 Å². The molecule has 0 aliphatic carbocycles. The molecule has 5 rings (SSSR count). The Labute approximate surface area is 171 Å². The van der Waals surface area contributed by atoms with Crippen LogP contribution in [-0.4, -0.2) is 45.5 Å². The van der Waals surface area contributed by atoms with Gasteiger partial charge in [-0.3, -0.25) is 9.47 Å². The highest BCUT2D eigenvalue weighted by molar-refractivity contribution is 5.75. The van der Waals surface area contributed by atoms with Crippen LogP contribution >= 0.6 is 0 Å². The molecule has 0 saturated carbocycles. The highest BCUT2D eigenvalue weighted by atomic mass is 16.1. The standard InChI is InChI=1S/C24H30N4O/c29-24-25-22-9-3-4-10-23(22)28(24)21-11-15-26(16-12-21)13-5-6-14-27-17-19-7-1-2-8-20(19)18-27/h1-4,7-10,21H,5-6,11-18H2,(H,25,29). The Bertz CT molecular complexity index is 1000. The normalized spacial score (nSPS) is 18.5. The van der Waals surface area contributed by atoms with Gasteiger partial charge in [0.25, 0.3) is 0 Å². The molecule has 3 aromatic rings. The summed E-state index contributed by atoms with van der Waals surface area (Å²) in [4.78, 5) is 20.6. The Morgan fingerprint density at radius 3 is 2.17 bits per heavy atom. The number of nitrogens with one attached hydrogen (secondary N) is 1. The lowest BCUT2D eigenvalue weighted by molar-refractivity contribution is 0.180. The van der Waals surface area contributed by atoms with Crippen LogP contribution in [0, 0.1) is 0 Å². The van der Waals surface area contributed by atoms with E-state index < -0.39 is 0 Å². The van der Waals surface area contributed by atoms with Crippen molar-refractivity contribution in [2.45, 2.75) is 44.8 Å². The summed E-state index contributed by atoms with van der Waals surface area (Å²) in [5, 5.41) is 0. The number of hydrogen-bond acceptors (Lipinski definition) is 3. The summed E-state index contributed by atoms with van der Waals surface area (Å²) in [6.07, 6.45) is 4.63. The highest BCUT2D eigenvalue weighted by Crippen LogP contribution is 2.25. The van der Waals surface area contributed by atoms with Crippen molar-refractivity contribution < 1.29 is 0 Å². The van der Waals surface area contributed by atoms with Crippen LogP contribution in [0.2, 0.25) is 0 Å². The topological polar surface area (TPSA) is 44.3 Å². The average Bonchev–Trinajstić information content (AvgIpc) is 3.31. The number of H-pyrrole nitrogens is 1. The molecule has 29 heavy (non-hydrogen) atoms. The maximum absolute atomic E-state index is 12.4. The highest BCUT2D eigenvalue weighted by Gasteiger charge is 2.23. The summed E-state index contributed by atoms with van der Waals surface area (Å²) in [6, 6.07) is 17.2. The van der Waals surface area contributed by atoms with E-state index in [-0.39, 0.29) is 5.69 Å². The van der Waals surface area contributed by atoms with E-state index in [9.17, 15) is 4.79 Å². The van der Waals surface area contributed by atoms with E-state index >= 15 is 0 Å². The van der Waals surface area contributed by atoms with E-state index in [4.69, 9.17) is 0 Å². The molecule has 5 nitrogen and oxygen atoms in total. The molecule has 5 heteroatoms. The van der Waals surface area contributed by atoms with Crippen LogP contribution in [0.4, 0.5) is 0 Å². The van der Waals surface area contributed by atoms with Crippen molar-refractivity contribution in [3.63, 3.8) is 0 Å². The molecule has 1 N–H and O–H groups in total. The number of aromatic amines is 1. The first-order chi connectivity index (χ1) is 14.3. The molecule has 0 atom stereocenters. The van der Waals surface area contributed by atoms with Crippen molar-refractivity contribution in [2.75, 3.05) is 26.2 Å². The lowest BCUT2D eigenvalue weighted by Gasteiger charge is -2.32. The summed E-state index contributed by atoms with van der Waals surface area (Å²) in [5.74, 6) is 0. The molecule has 0 amide bonds. The van der Waals surface area contributed by atoms with Gasteiger partial charge in [-0.1, -0.05) is 36.4 Å². The molecule has 1 fully saturated rings. The minimum absolute atomic E-state index is 0.0382. The van der Waals surface area contributed by atoms with Crippen LogP contribution in [0.5, 0.6) is 0 Å². The van der Waals surface area contributed by atoms with Gasteiger partial charge in [-0.2, -0.15) is 0 Å². The monoisotopic (exact) mass is 390 g/mol. The Balaban J connectivity index is 1.07. The van der Waals surface area contributed by atoms with Gasteiger partial charge < -0.3 is 9.88 Å². The zero-order valence-corrected chi connectivity index (χ0v) is 17.0. The first kappa shape index (κ1) is 18.6. The van der Waals surface area contributed by atoms with Crippen LogP contribution in [0.15, 0.2) is 53.3 Å². The molecule has 1 saturated heterocycles. The average molecular weight is 391 g/mol. The van der Waals surface area contributed by atoms with Crippen LogP contribution in [-0.2, 0) is 13.1 Å². The number of aromatic nitrogens is 2. The number of imidazole rings is 1. The molecule has 2 aliphatic rings. The van der Waals surface area contributed by atoms with Gasteiger partial charge in [-0.05, 0) is 62.0 Å². The van der Waals surface area contributed by atoms with Gasteiger partial charge in [-0.25, -0.2) is 4.79 Å². The van der Waals surface area contributed by atoms with E-state index in [2.05, 4.69) is 45.1 Å². The molecule has 0 radical (unpaired) electrons. The first-order valence-electron chi connectivity index (χ1n) is 11.0. The van der Waals surface area contributed by atoms with Gasteiger partial charge in [0.05, 0.1) is 11.0 Å². The van der Waals surface area contributed by atoms with Crippen LogP contribution in [0.1, 0.15) is 42.9 Å². The van der Waals surface area contributed by atoms with Gasteiger partial charge in [-0.15, -0.1) is 0 Å². The van der Waals surface area contributed by atoms with Crippen LogP contribution < -0.4 is 5.69 Å². The van der Waals surface area contributed by atoms with Crippen molar-refractivity contribution in [1.29, 1.82) is 0 Å². The smallest absolute Gasteiger partial charge is 0.306 e. The molecule has 0 spiro atoms. The predicted octanol–water partition coefficient (Wildman–Crippen LogP) is 3.76.